The molecule has 17 heavy (non-hydrogen) atoms. The van der Waals surface area contributed by atoms with Crippen molar-refractivity contribution >= 4 is 6.09 Å². The smallest absolute Gasteiger partial charge is 0.410 e. The molecular formula is C12H21NO4. The number of carbonyl (C=O) groups excluding carboxylic acids is 1. The van der Waals surface area contributed by atoms with Gasteiger partial charge in [0.05, 0.1) is 12.1 Å². The minimum atomic E-state index is -0.846. The Hall–Kier alpha value is -0.810. The molecule has 5 nitrogen and oxygen atoms in total. The second-order valence-electron chi connectivity index (χ2n) is 6.10. The van der Waals surface area contributed by atoms with E-state index in [-0.39, 0.29) is 12.0 Å². The maximum atomic E-state index is 12.0. The normalized spacial score (nSPS) is 37.1. The predicted molar refractivity (Wildman–Crippen MR) is 61.5 cm³/mol. The lowest BCUT2D eigenvalue weighted by atomic mass is 9.86. The molecule has 0 aromatic carbocycles. The van der Waals surface area contributed by atoms with Crippen LogP contribution in [-0.4, -0.2) is 51.6 Å². The summed E-state index contributed by atoms with van der Waals surface area (Å²) in [5.74, 6) is 0.283. The number of aliphatic hydroxyl groups excluding tert-OH is 2. The highest BCUT2D eigenvalue weighted by Gasteiger charge is 2.47. The summed E-state index contributed by atoms with van der Waals surface area (Å²) in [5, 5.41) is 19.5. The van der Waals surface area contributed by atoms with Gasteiger partial charge in [-0.2, -0.15) is 0 Å². The molecule has 1 aliphatic heterocycles. The lowest BCUT2D eigenvalue weighted by molar-refractivity contribution is -0.0464. The summed E-state index contributed by atoms with van der Waals surface area (Å²) >= 11 is 0. The van der Waals surface area contributed by atoms with Gasteiger partial charge in [0.25, 0.3) is 0 Å². The highest BCUT2D eigenvalue weighted by Crippen LogP contribution is 2.36. The van der Waals surface area contributed by atoms with Crippen LogP contribution in [0, 0.1) is 5.92 Å². The van der Waals surface area contributed by atoms with Crippen molar-refractivity contribution < 1.29 is 19.7 Å². The van der Waals surface area contributed by atoms with Crippen LogP contribution >= 0.6 is 0 Å². The van der Waals surface area contributed by atoms with Crippen LogP contribution < -0.4 is 0 Å². The lowest BCUT2D eigenvalue weighted by Gasteiger charge is -2.33. The molecule has 5 heteroatoms. The number of fused-ring (bicyclic) bond motifs is 2. The monoisotopic (exact) mass is 243 g/mol. The van der Waals surface area contributed by atoms with Gasteiger partial charge in [0.2, 0.25) is 0 Å². The first-order chi connectivity index (χ1) is 7.78. The Kier molecular flexibility index (Phi) is 3.08. The quantitative estimate of drug-likeness (QED) is 0.658. The molecule has 2 N–H and O–H groups in total. The fourth-order valence-corrected chi connectivity index (χ4v) is 2.72. The zero-order chi connectivity index (χ0) is 12.8. The summed E-state index contributed by atoms with van der Waals surface area (Å²) in [4.78, 5) is 13.5. The van der Waals surface area contributed by atoms with Crippen molar-refractivity contribution in [3.8, 4) is 0 Å². The van der Waals surface area contributed by atoms with E-state index >= 15 is 0 Å². The third-order valence-corrected chi connectivity index (χ3v) is 3.42. The number of hydrogen-bond acceptors (Lipinski definition) is 4. The average molecular weight is 243 g/mol. The Morgan fingerprint density at radius 1 is 1.29 bits per heavy atom. The van der Waals surface area contributed by atoms with Crippen molar-refractivity contribution in [3.05, 3.63) is 0 Å². The largest absolute Gasteiger partial charge is 0.444 e. The Morgan fingerprint density at radius 2 is 1.94 bits per heavy atom. The van der Waals surface area contributed by atoms with Crippen LogP contribution in [0.25, 0.3) is 0 Å². The lowest BCUT2D eigenvalue weighted by Crippen LogP contribution is -2.49. The summed E-state index contributed by atoms with van der Waals surface area (Å²) < 4.78 is 5.31. The van der Waals surface area contributed by atoms with Crippen LogP contribution in [0.3, 0.4) is 0 Å². The van der Waals surface area contributed by atoms with Gasteiger partial charge in [0, 0.05) is 6.54 Å². The molecule has 1 aliphatic carbocycles. The summed E-state index contributed by atoms with van der Waals surface area (Å²) in [6, 6.07) is -0.293. The first-order valence-corrected chi connectivity index (χ1v) is 6.13. The molecule has 1 amide bonds. The van der Waals surface area contributed by atoms with Gasteiger partial charge in [0.15, 0.2) is 0 Å². The predicted octanol–water partition coefficient (Wildman–Crippen LogP) is 0.738. The maximum Gasteiger partial charge on any atom is 0.410 e. The van der Waals surface area contributed by atoms with Crippen LogP contribution in [-0.2, 0) is 4.74 Å². The van der Waals surface area contributed by atoms with Gasteiger partial charge in [0.1, 0.15) is 11.7 Å². The van der Waals surface area contributed by atoms with E-state index in [1.54, 1.807) is 4.90 Å². The molecule has 2 bridgehead atoms. The Morgan fingerprint density at radius 3 is 2.53 bits per heavy atom. The number of likely N-dealkylation sites (tertiary alicyclic amines) is 1. The van der Waals surface area contributed by atoms with E-state index in [1.807, 2.05) is 20.8 Å². The van der Waals surface area contributed by atoms with Crippen LogP contribution in [0.1, 0.15) is 33.6 Å². The van der Waals surface area contributed by atoms with E-state index < -0.39 is 23.9 Å². The van der Waals surface area contributed by atoms with Crippen molar-refractivity contribution in [2.45, 2.75) is 57.5 Å². The summed E-state index contributed by atoms with van der Waals surface area (Å²) in [7, 11) is 0. The number of rotatable bonds is 0. The van der Waals surface area contributed by atoms with Crippen molar-refractivity contribution in [2.75, 3.05) is 6.54 Å². The minimum absolute atomic E-state index is 0.283. The van der Waals surface area contributed by atoms with Gasteiger partial charge in [-0.15, -0.1) is 0 Å². The van der Waals surface area contributed by atoms with E-state index in [9.17, 15) is 15.0 Å². The second kappa shape index (κ2) is 4.14. The average Bonchev–Trinajstić information content (AvgIpc) is 2.52. The van der Waals surface area contributed by atoms with E-state index in [1.165, 1.54) is 0 Å². The summed E-state index contributed by atoms with van der Waals surface area (Å²) in [5.41, 5.74) is -0.530. The topological polar surface area (TPSA) is 70.0 Å². The SMILES string of the molecule is CC(C)(C)OC(=O)N1C[C@H]2C[C@H](O)[C@H](O)[C@@H]1C2. The van der Waals surface area contributed by atoms with Crippen molar-refractivity contribution in [1.29, 1.82) is 0 Å². The minimum Gasteiger partial charge on any atom is -0.444 e. The molecular weight excluding hydrogens is 222 g/mol. The molecule has 98 valence electrons. The fraction of sp³-hybridized carbons (Fsp3) is 0.917. The summed E-state index contributed by atoms with van der Waals surface area (Å²) in [6.45, 7) is 6.03. The number of aliphatic hydroxyl groups is 2. The van der Waals surface area contributed by atoms with Crippen LogP contribution in [0.5, 0.6) is 0 Å². The van der Waals surface area contributed by atoms with Gasteiger partial charge in [-0.05, 0) is 39.5 Å². The van der Waals surface area contributed by atoms with Gasteiger partial charge in [-0.1, -0.05) is 0 Å². The molecule has 2 rings (SSSR count). The van der Waals surface area contributed by atoms with Crippen LogP contribution in [0.15, 0.2) is 0 Å². The molecule has 2 fully saturated rings. The standard InChI is InChI=1S/C12H21NO4/c1-12(2,3)17-11(16)13-6-7-4-8(13)10(15)9(14)5-7/h7-10,14-15H,4-6H2,1-3H3/t7-,8+,9+,10-/m1/s1. The van der Waals surface area contributed by atoms with Crippen molar-refractivity contribution in [2.24, 2.45) is 5.92 Å². The van der Waals surface area contributed by atoms with Gasteiger partial charge in [-0.3, -0.25) is 0 Å². The second-order valence-corrected chi connectivity index (χ2v) is 6.10. The molecule has 1 saturated heterocycles. The third kappa shape index (κ3) is 2.55. The first-order valence-electron chi connectivity index (χ1n) is 6.13. The van der Waals surface area contributed by atoms with Crippen molar-refractivity contribution in [1.82, 2.24) is 4.90 Å². The zero-order valence-corrected chi connectivity index (χ0v) is 10.6. The molecule has 1 heterocycles. The van der Waals surface area contributed by atoms with E-state index in [0.717, 1.165) is 6.42 Å². The zero-order valence-electron chi connectivity index (χ0n) is 10.6. The molecule has 0 aromatic rings. The van der Waals surface area contributed by atoms with E-state index in [0.29, 0.717) is 13.0 Å². The molecule has 2 aliphatic rings. The highest BCUT2D eigenvalue weighted by atomic mass is 16.6. The Labute approximate surface area is 101 Å². The number of amides is 1. The van der Waals surface area contributed by atoms with Crippen LogP contribution in [0.2, 0.25) is 0 Å². The molecule has 0 unspecified atom stereocenters. The molecule has 1 saturated carbocycles. The van der Waals surface area contributed by atoms with Gasteiger partial charge < -0.3 is 19.8 Å². The van der Waals surface area contributed by atoms with E-state index in [2.05, 4.69) is 0 Å². The Balaban J connectivity index is 2.06. The van der Waals surface area contributed by atoms with Crippen molar-refractivity contribution in [3.63, 3.8) is 0 Å². The molecule has 0 radical (unpaired) electrons. The number of carbonyl (C=O) groups is 1. The van der Waals surface area contributed by atoms with E-state index in [4.69, 9.17) is 4.74 Å². The first kappa shape index (κ1) is 12.6. The molecule has 0 spiro atoms. The van der Waals surface area contributed by atoms with Gasteiger partial charge in [-0.25, -0.2) is 4.79 Å². The number of hydrogen-bond donors (Lipinski definition) is 2. The van der Waals surface area contributed by atoms with Crippen LogP contribution in [0.4, 0.5) is 4.79 Å². The maximum absolute atomic E-state index is 12.0. The van der Waals surface area contributed by atoms with Gasteiger partial charge >= 0.3 is 6.09 Å². The number of ether oxygens (including phenoxy) is 1. The Bertz CT molecular complexity index is 312. The number of nitrogens with zero attached hydrogens (tertiary/aromatic N) is 1. The summed E-state index contributed by atoms with van der Waals surface area (Å²) in [6.07, 6.45) is -0.625. The molecule has 0 aromatic heterocycles. The fourth-order valence-electron chi connectivity index (χ4n) is 2.72. The highest BCUT2D eigenvalue weighted by molar-refractivity contribution is 5.69. The molecule has 4 atom stereocenters. The third-order valence-electron chi connectivity index (χ3n) is 3.42.